The summed E-state index contributed by atoms with van der Waals surface area (Å²) in [6.07, 6.45) is 9.26. The van der Waals surface area contributed by atoms with Gasteiger partial charge in [0.05, 0.1) is 0 Å². The standard InChI is InChI=1S/C15H28N2/c1-2-17(4-3-16)11-15-8-12-5-13(9-15)7-14(6-12)10-15/h12-14H,2-11,16H2,1H3. The minimum Gasteiger partial charge on any atom is -0.329 e. The predicted molar refractivity (Wildman–Crippen MR) is 71.8 cm³/mol. The summed E-state index contributed by atoms with van der Waals surface area (Å²) in [7, 11) is 0. The number of hydrogen-bond donors (Lipinski definition) is 1. The Balaban J connectivity index is 1.69. The predicted octanol–water partition coefficient (Wildman–Crippen LogP) is 2.48. The first-order valence-electron chi connectivity index (χ1n) is 7.65. The molecule has 0 saturated heterocycles. The van der Waals surface area contributed by atoms with Crippen molar-refractivity contribution < 1.29 is 0 Å². The van der Waals surface area contributed by atoms with Gasteiger partial charge in [-0.2, -0.15) is 0 Å². The fraction of sp³-hybridized carbons (Fsp3) is 1.00. The van der Waals surface area contributed by atoms with Crippen LogP contribution in [0.2, 0.25) is 0 Å². The van der Waals surface area contributed by atoms with E-state index in [-0.39, 0.29) is 0 Å². The van der Waals surface area contributed by atoms with Crippen LogP contribution in [-0.2, 0) is 0 Å². The molecule has 4 aliphatic carbocycles. The molecule has 4 rings (SSSR count). The van der Waals surface area contributed by atoms with Crippen molar-refractivity contribution in [3.8, 4) is 0 Å². The highest BCUT2D eigenvalue weighted by Gasteiger charge is 2.50. The lowest BCUT2D eigenvalue weighted by Gasteiger charge is -2.58. The van der Waals surface area contributed by atoms with Crippen LogP contribution < -0.4 is 5.73 Å². The minimum absolute atomic E-state index is 0.694. The van der Waals surface area contributed by atoms with Crippen molar-refractivity contribution in [2.75, 3.05) is 26.2 Å². The van der Waals surface area contributed by atoms with E-state index in [1.807, 2.05) is 0 Å². The number of likely N-dealkylation sites (N-methyl/N-ethyl adjacent to an activating group) is 1. The van der Waals surface area contributed by atoms with Gasteiger partial charge in [-0.3, -0.25) is 0 Å². The van der Waals surface area contributed by atoms with Crippen LogP contribution in [0, 0.1) is 23.2 Å². The Bertz CT molecular complexity index is 239. The zero-order chi connectivity index (χ0) is 11.9. The maximum absolute atomic E-state index is 5.73. The first-order valence-corrected chi connectivity index (χ1v) is 7.65. The molecule has 0 amide bonds. The fourth-order valence-electron chi connectivity index (χ4n) is 5.49. The smallest absolute Gasteiger partial charge is 0.0105 e. The van der Waals surface area contributed by atoms with Crippen molar-refractivity contribution in [2.24, 2.45) is 28.9 Å². The van der Waals surface area contributed by atoms with Crippen molar-refractivity contribution in [2.45, 2.75) is 45.4 Å². The largest absolute Gasteiger partial charge is 0.329 e. The lowest BCUT2D eigenvalue weighted by molar-refractivity contribution is -0.0682. The van der Waals surface area contributed by atoms with Crippen LogP contribution in [0.25, 0.3) is 0 Å². The second kappa shape index (κ2) is 4.55. The third-order valence-electron chi connectivity index (χ3n) is 5.62. The third kappa shape index (κ3) is 2.26. The maximum Gasteiger partial charge on any atom is 0.0105 e. The quantitative estimate of drug-likeness (QED) is 0.794. The molecule has 0 atom stereocenters. The van der Waals surface area contributed by atoms with E-state index < -0.39 is 0 Å². The van der Waals surface area contributed by atoms with E-state index in [9.17, 15) is 0 Å². The van der Waals surface area contributed by atoms with Crippen LogP contribution >= 0.6 is 0 Å². The van der Waals surface area contributed by atoms with Crippen LogP contribution in [0.1, 0.15) is 45.4 Å². The highest BCUT2D eigenvalue weighted by Crippen LogP contribution is 2.60. The number of nitrogens with two attached hydrogens (primary N) is 1. The van der Waals surface area contributed by atoms with Gasteiger partial charge in [0.15, 0.2) is 0 Å². The second-order valence-electron chi connectivity index (χ2n) is 7.07. The summed E-state index contributed by atoms with van der Waals surface area (Å²) in [6, 6.07) is 0. The number of rotatable bonds is 5. The van der Waals surface area contributed by atoms with Crippen molar-refractivity contribution in [1.29, 1.82) is 0 Å². The lowest BCUT2D eigenvalue weighted by Crippen LogP contribution is -2.51. The zero-order valence-electron chi connectivity index (χ0n) is 11.3. The summed E-state index contributed by atoms with van der Waals surface area (Å²) in [4.78, 5) is 2.60. The SMILES string of the molecule is CCN(CCN)CC12CC3CC(CC(C3)C1)C2. The molecule has 98 valence electrons. The Kier molecular flexibility index (Phi) is 3.20. The number of hydrogen-bond acceptors (Lipinski definition) is 2. The molecule has 4 bridgehead atoms. The molecule has 4 saturated carbocycles. The van der Waals surface area contributed by atoms with Crippen LogP contribution in [-0.4, -0.2) is 31.1 Å². The Morgan fingerprint density at radius 1 is 1.06 bits per heavy atom. The van der Waals surface area contributed by atoms with E-state index >= 15 is 0 Å². The molecule has 0 unspecified atom stereocenters. The van der Waals surface area contributed by atoms with E-state index in [2.05, 4.69) is 11.8 Å². The zero-order valence-corrected chi connectivity index (χ0v) is 11.3. The van der Waals surface area contributed by atoms with E-state index in [4.69, 9.17) is 5.73 Å². The summed E-state index contributed by atoms with van der Waals surface area (Å²) >= 11 is 0. The monoisotopic (exact) mass is 236 g/mol. The van der Waals surface area contributed by atoms with Gasteiger partial charge in [-0.1, -0.05) is 6.92 Å². The summed E-state index contributed by atoms with van der Waals surface area (Å²) in [5.74, 6) is 3.24. The van der Waals surface area contributed by atoms with Gasteiger partial charge in [-0.25, -0.2) is 0 Å². The Morgan fingerprint density at radius 2 is 1.59 bits per heavy atom. The van der Waals surface area contributed by atoms with E-state index in [1.165, 1.54) is 32.4 Å². The molecule has 2 N–H and O–H groups in total. The first kappa shape index (κ1) is 12.0. The molecule has 0 heterocycles. The van der Waals surface area contributed by atoms with Crippen LogP contribution in [0.3, 0.4) is 0 Å². The summed E-state index contributed by atoms with van der Waals surface area (Å²) in [5, 5.41) is 0. The molecule has 0 radical (unpaired) electrons. The van der Waals surface area contributed by atoms with Crippen molar-refractivity contribution in [3.05, 3.63) is 0 Å². The normalized spacial score (nSPS) is 43.6. The van der Waals surface area contributed by atoms with Crippen LogP contribution in [0.4, 0.5) is 0 Å². The molecule has 17 heavy (non-hydrogen) atoms. The summed E-state index contributed by atoms with van der Waals surface area (Å²) < 4.78 is 0. The Morgan fingerprint density at radius 3 is 2.00 bits per heavy atom. The molecule has 4 fully saturated rings. The van der Waals surface area contributed by atoms with Gasteiger partial charge < -0.3 is 10.6 Å². The van der Waals surface area contributed by atoms with Gasteiger partial charge in [-0.05, 0) is 68.2 Å². The van der Waals surface area contributed by atoms with Gasteiger partial charge in [0, 0.05) is 19.6 Å². The molecule has 0 aliphatic heterocycles. The van der Waals surface area contributed by atoms with E-state index in [1.54, 1.807) is 19.3 Å². The molecular weight excluding hydrogens is 208 g/mol. The summed E-state index contributed by atoms with van der Waals surface area (Å²) in [5.41, 5.74) is 6.42. The van der Waals surface area contributed by atoms with Crippen LogP contribution in [0.15, 0.2) is 0 Å². The van der Waals surface area contributed by atoms with Crippen molar-refractivity contribution >= 4 is 0 Å². The molecule has 0 spiro atoms. The molecule has 0 aromatic carbocycles. The Labute approximate surface area is 106 Å². The van der Waals surface area contributed by atoms with Gasteiger partial charge in [0.1, 0.15) is 0 Å². The maximum atomic E-state index is 5.73. The summed E-state index contributed by atoms with van der Waals surface area (Å²) in [6.45, 7) is 6.72. The van der Waals surface area contributed by atoms with Crippen molar-refractivity contribution in [1.82, 2.24) is 4.90 Å². The average molecular weight is 236 g/mol. The number of nitrogens with zero attached hydrogens (tertiary/aromatic N) is 1. The van der Waals surface area contributed by atoms with E-state index in [0.29, 0.717) is 5.41 Å². The topological polar surface area (TPSA) is 29.3 Å². The van der Waals surface area contributed by atoms with E-state index in [0.717, 1.165) is 30.8 Å². The van der Waals surface area contributed by atoms with Gasteiger partial charge in [0.2, 0.25) is 0 Å². The first-order chi connectivity index (χ1) is 8.23. The minimum atomic E-state index is 0.694. The van der Waals surface area contributed by atoms with Gasteiger partial charge >= 0.3 is 0 Å². The van der Waals surface area contributed by atoms with Gasteiger partial charge in [-0.15, -0.1) is 0 Å². The molecule has 2 nitrogen and oxygen atoms in total. The molecule has 0 aromatic heterocycles. The lowest BCUT2D eigenvalue weighted by atomic mass is 9.49. The molecule has 2 heteroatoms. The Hall–Kier alpha value is -0.0800. The second-order valence-corrected chi connectivity index (χ2v) is 7.07. The van der Waals surface area contributed by atoms with Gasteiger partial charge in [0.25, 0.3) is 0 Å². The highest BCUT2D eigenvalue weighted by molar-refractivity contribution is 5.02. The fourth-order valence-corrected chi connectivity index (χ4v) is 5.49. The molecule has 0 aromatic rings. The molecular formula is C15H28N2. The van der Waals surface area contributed by atoms with Crippen molar-refractivity contribution in [3.63, 3.8) is 0 Å². The van der Waals surface area contributed by atoms with Crippen LogP contribution in [0.5, 0.6) is 0 Å². The third-order valence-corrected chi connectivity index (χ3v) is 5.62. The molecule has 4 aliphatic rings. The average Bonchev–Trinajstić information content (AvgIpc) is 2.26. The highest BCUT2D eigenvalue weighted by atomic mass is 15.1.